The van der Waals surface area contributed by atoms with Crippen LogP contribution >= 0.6 is 12.4 Å². The summed E-state index contributed by atoms with van der Waals surface area (Å²) in [4.78, 5) is 40.4. The Morgan fingerprint density at radius 2 is 1.44 bits per heavy atom. The van der Waals surface area contributed by atoms with Gasteiger partial charge in [-0.1, -0.05) is 0 Å². The number of carbonyl (C=O) groups is 1. The van der Waals surface area contributed by atoms with Crippen molar-refractivity contribution < 1.29 is 14.3 Å². The van der Waals surface area contributed by atoms with Gasteiger partial charge in [0.1, 0.15) is 0 Å². The third-order valence-electron chi connectivity index (χ3n) is 10.9. The monoisotopic (exact) mass is 768 g/mol. The molecule has 10 heterocycles. The van der Waals surface area contributed by atoms with Gasteiger partial charge in [0.2, 0.25) is 0 Å². The number of ether oxygens (including phenoxy) is 2. The molecule has 4 saturated heterocycles. The summed E-state index contributed by atoms with van der Waals surface area (Å²) in [6, 6.07) is 17.3. The molecule has 6 aliphatic heterocycles. The van der Waals surface area contributed by atoms with E-state index in [-0.39, 0.29) is 30.6 Å². The van der Waals surface area contributed by atoms with E-state index in [1.54, 1.807) is 6.20 Å². The van der Waals surface area contributed by atoms with Crippen molar-refractivity contribution in [1.82, 2.24) is 30.2 Å². The van der Waals surface area contributed by atoms with Gasteiger partial charge in [-0.2, -0.15) is 0 Å². The van der Waals surface area contributed by atoms with E-state index in [4.69, 9.17) is 19.4 Å². The number of anilines is 4. The zero-order valence-electron chi connectivity index (χ0n) is 32.3. The molecule has 2 N–H and O–H groups in total. The highest BCUT2D eigenvalue weighted by atomic mass is 35.5. The van der Waals surface area contributed by atoms with Gasteiger partial charge in [0, 0.05) is 93.3 Å². The van der Waals surface area contributed by atoms with Gasteiger partial charge in [0.25, 0.3) is 0 Å². The molecule has 0 saturated carbocycles. The van der Waals surface area contributed by atoms with E-state index in [1.807, 2.05) is 61.0 Å². The Kier molecular flexibility index (Phi) is 12.0. The molecule has 14 heteroatoms. The van der Waals surface area contributed by atoms with Crippen LogP contribution in [-0.2, 0) is 9.47 Å². The van der Waals surface area contributed by atoms with Crippen molar-refractivity contribution in [3.63, 3.8) is 0 Å². The largest absolute Gasteiger partial charge is 0.376 e. The molecule has 0 aliphatic carbocycles. The number of hydrogen-bond acceptors (Lipinski definition) is 11. The van der Waals surface area contributed by atoms with E-state index in [0.29, 0.717) is 31.8 Å². The van der Waals surface area contributed by atoms with Crippen LogP contribution in [0.1, 0.15) is 38.1 Å². The fourth-order valence-corrected chi connectivity index (χ4v) is 8.13. The van der Waals surface area contributed by atoms with Gasteiger partial charge in [0.05, 0.1) is 54.2 Å². The minimum Gasteiger partial charge on any atom is -0.376 e. The second kappa shape index (κ2) is 17.1. The lowest BCUT2D eigenvalue weighted by Gasteiger charge is -2.40. The Hall–Kier alpha value is -4.56. The zero-order valence-corrected chi connectivity index (χ0v) is 33.1. The first-order valence-electron chi connectivity index (χ1n) is 19.5. The van der Waals surface area contributed by atoms with Gasteiger partial charge in [-0.15, -0.1) is 12.4 Å². The molecule has 6 aliphatic rings. The first-order valence-corrected chi connectivity index (χ1v) is 19.5. The first-order chi connectivity index (χ1) is 26.3. The van der Waals surface area contributed by atoms with Crippen molar-refractivity contribution in [3.05, 3.63) is 72.3 Å². The van der Waals surface area contributed by atoms with Gasteiger partial charge in [-0.05, 0) is 89.1 Å². The Morgan fingerprint density at radius 1 is 0.764 bits per heavy atom. The van der Waals surface area contributed by atoms with Gasteiger partial charge >= 0.3 is 6.03 Å². The van der Waals surface area contributed by atoms with Crippen LogP contribution in [0.5, 0.6) is 0 Å². The molecule has 55 heavy (non-hydrogen) atoms. The predicted molar refractivity (Wildman–Crippen MR) is 220 cm³/mol. The molecule has 4 aromatic rings. The summed E-state index contributed by atoms with van der Waals surface area (Å²) < 4.78 is 10.8. The number of carbonyl (C=O) groups excluding carboxylic acids is 1. The second-order valence-electron chi connectivity index (χ2n) is 15.1. The fraction of sp³-hybridized carbons (Fsp3) is 0.488. The maximum atomic E-state index is 13.5. The van der Waals surface area contributed by atoms with Crippen molar-refractivity contribution in [2.24, 2.45) is 0 Å². The minimum absolute atomic E-state index is 0. The molecular formula is C41H53ClN10O3. The Labute approximate surface area is 330 Å². The zero-order chi connectivity index (χ0) is 37.2. The predicted octanol–water partition coefficient (Wildman–Crippen LogP) is 5.56. The molecular weight excluding hydrogens is 716 g/mol. The highest BCUT2D eigenvalue weighted by molar-refractivity contribution is 5.97. The normalized spacial score (nSPS) is 23.2. The van der Waals surface area contributed by atoms with Crippen LogP contribution in [0.2, 0.25) is 0 Å². The van der Waals surface area contributed by atoms with Crippen LogP contribution in [0.15, 0.2) is 60.9 Å². The highest BCUT2D eigenvalue weighted by Gasteiger charge is 2.42. The quantitative estimate of drug-likeness (QED) is 0.266. The average molecular weight is 769 g/mol. The molecule has 0 radical (unpaired) electrons. The van der Waals surface area contributed by atoms with Gasteiger partial charge in [0.15, 0.2) is 11.6 Å². The van der Waals surface area contributed by atoms with Crippen LogP contribution in [-0.4, -0.2) is 121 Å². The van der Waals surface area contributed by atoms with Crippen LogP contribution in [0, 0.1) is 13.8 Å². The Morgan fingerprint density at radius 3 is 2.09 bits per heavy atom. The molecule has 292 valence electrons. The van der Waals surface area contributed by atoms with Crippen molar-refractivity contribution in [2.45, 2.75) is 64.8 Å². The van der Waals surface area contributed by atoms with E-state index >= 15 is 0 Å². The van der Waals surface area contributed by atoms with E-state index < -0.39 is 0 Å². The lowest BCUT2D eigenvalue weighted by molar-refractivity contribution is -0.00265. The number of rotatable bonds is 2. The average Bonchev–Trinajstić information content (AvgIpc) is 3.79. The molecule has 0 aromatic carbocycles. The SMILES string of the molecule is C[C@@H]1CNCCO1.Cc1cc(-c2ccc3c(n2)N(C(=O)N2CCO[C@H](C)C2)[C@H]2CCN3C2)ccn1.Cc1cc(-c2ccc3c(n2)N[C@H]2CCN3C2)ccn1.Cl. The summed E-state index contributed by atoms with van der Waals surface area (Å²) in [6.07, 6.45) is 6.32. The molecule has 2 amide bonds. The van der Waals surface area contributed by atoms with Crippen LogP contribution in [0.25, 0.3) is 22.5 Å². The van der Waals surface area contributed by atoms with Crippen molar-refractivity contribution >= 4 is 41.4 Å². The van der Waals surface area contributed by atoms with Crippen LogP contribution < -0.4 is 25.3 Å². The van der Waals surface area contributed by atoms with Crippen molar-refractivity contribution in [3.8, 4) is 22.5 Å². The lowest BCUT2D eigenvalue weighted by Crippen LogP contribution is -2.55. The lowest BCUT2D eigenvalue weighted by atomic mass is 10.1. The topological polar surface area (TPSA) is 124 Å². The Balaban J connectivity index is 0.000000148. The minimum atomic E-state index is 0. The van der Waals surface area contributed by atoms with Crippen LogP contribution in [0.3, 0.4) is 0 Å². The van der Waals surface area contributed by atoms with E-state index in [1.165, 1.54) is 12.1 Å². The summed E-state index contributed by atoms with van der Waals surface area (Å²) >= 11 is 0. The van der Waals surface area contributed by atoms with Gasteiger partial charge in [-0.25, -0.2) is 14.8 Å². The van der Waals surface area contributed by atoms with Gasteiger partial charge in [-0.3, -0.25) is 14.9 Å². The number of hydrogen-bond donors (Lipinski definition) is 2. The summed E-state index contributed by atoms with van der Waals surface area (Å²) in [5.41, 5.74) is 8.31. The number of aromatic nitrogens is 4. The number of aryl methyl sites for hydroxylation is 2. The maximum Gasteiger partial charge on any atom is 0.326 e. The van der Waals surface area contributed by atoms with Gasteiger partial charge < -0.3 is 34.8 Å². The number of morpholine rings is 2. The van der Waals surface area contributed by atoms with Crippen molar-refractivity contribution in [2.75, 3.05) is 85.6 Å². The van der Waals surface area contributed by atoms with Crippen LogP contribution in [0.4, 0.5) is 27.8 Å². The molecule has 4 aromatic heterocycles. The summed E-state index contributed by atoms with van der Waals surface area (Å²) in [7, 11) is 0. The molecule has 4 bridgehead atoms. The smallest absolute Gasteiger partial charge is 0.326 e. The highest BCUT2D eigenvalue weighted by Crippen LogP contribution is 2.41. The molecule has 13 nitrogen and oxygen atoms in total. The summed E-state index contributed by atoms with van der Waals surface area (Å²) in [5, 5.41) is 6.75. The number of urea groups is 1. The third kappa shape index (κ3) is 8.65. The standard InChI is InChI=1S/C21H25N5O2.C15H16N4.C5H11NO.ClH/c1-14-11-16(5-7-22-14)18-3-4-19-20(23-18)26(17-6-8-24(19)13-17)21(27)25-9-10-28-15(2)12-25;1-10-8-11(4-6-16-10)13-2-3-14-15(18-13)17-12-5-7-19(14)9-12;1-5-4-6-2-3-7-5;/h3-5,7,11,15,17H,6,8-10,12-13H2,1-2H3;2-4,6,8,12H,5,7,9H2,1H3,(H,17,18);5-6H,2-4H2,1H3;1H/t15-,17+;12-;5-;/m101./s1. The number of fused-ring (bicyclic) bond motifs is 8. The third-order valence-corrected chi connectivity index (χ3v) is 10.9. The summed E-state index contributed by atoms with van der Waals surface area (Å²) in [6.45, 7) is 16.9. The number of amides is 2. The van der Waals surface area contributed by atoms with E-state index in [9.17, 15) is 4.79 Å². The van der Waals surface area contributed by atoms with E-state index in [0.717, 1.165) is 104 Å². The molecule has 10 rings (SSSR count). The van der Waals surface area contributed by atoms with E-state index in [2.05, 4.69) is 61.6 Å². The summed E-state index contributed by atoms with van der Waals surface area (Å²) in [5.74, 6) is 1.81. The first kappa shape index (κ1) is 38.7. The molecule has 4 fully saturated rings. The Bertz CT molecular complexity index is 1960. The number of halogens is 1. The molecule has 4 atom stereocenters. The number of pyridine rings is 4. The molecule has 0 spiro atoms. The molecule has 0 unspecified atom stereocenters. The van der Waals surface area contributed by atoms with Crippen molar-refractivity contribution in [1.29, 1.82) is 0 Å². The fourth-order valence-electron chi connectivity index (χ4n) is 8.13. The number of nitrogens with one attached hydrogen (secondary N) is 2. The second-order valence-corrected chi connectivity index (χ2v) is 15.1. The maximum absolute atomic E-state index is 13.5. The number of nitrogens with zero attached hydrogens (tertiary/aromatic N) is 8.